The molecule has 1 aliphatic carbocycles. The van der Waals surface area contributed by atoms with E-state index in [0.717, 1.165) is 19.3 Å². The van der Waals surface area contributed by atoms with Crippen molar-refractivity contribution in [2.45, 2.75) is 56.9 Å². The van der Waals surface area contributed by atoms with Gasteiger partial charge < -0.3 is 24.6 Å². The number of aliphatic hydroxyl groups is 1. The number of fused-ring (bicyclic) bond motifs is 2. The van der Waals surface area contributed by atoms with Gasteiger partial charge in [-0.3, -0.25) is 4.79 Å². The molecule has 1 saturated carbocycles. The molecule has 1 aromatic carbocycles. The van der Waals surface area contributed by atoms with E-state index in [-0.39, 0.29) is 34.4 Å². The largest absolute Gasteiger partial charge is 0.496 e. The lowest BCUT2D eigenvalue weighted by atomic mass is 9.62. The number of ether oxygens (including phenoxy) is 3. The summed E-state index contributed by atoms with van der Waals surface area (Å²) < 4.78 is 17.0. The second kappa shape index (κ2) is 6.54. The quantitative estimate of drug-likeness (QED) is 0.801. The van der Waals surface area contributed by atoms with Crippen molar-refractivity contribution in [1.82, 2.24) is 5.32 Å². The van der Waals surface area contributed by atoms with Crippen molar-refractivity contribution in [3.63, 3.8) is 0 Å². The summed E-state index contributed by atoms with van der Waals surface area (Å²) in [6.07, 6.45) is 1.65. The number of benzene rings is 1. The summed E-state index contributed by atoms with van der Waals surface area (Å²) in [5, 5.41) is 15.1. The van der Waals surface area contributed by atoms with E-state index in [1.807, 2.05) is 6.92 Å². The number of aliphatic hydroxyl groups excluding tert-OH is 1. The Morgan fingerprint density at radius 2 is 1.96 bits per heavy atom. The van der Waals surface area contributed by atoms with Crippen molar-refractivity contribution in [3.8, 4) is 17.2 Å². The van der Waals surface area contributed by atoms with E-state index in [1.165, 1.54) is 14.2 Å². The Kier molecular flexibility index (Phi) is 4.56. The van der Waals surface area contributed by atoms with Gasteiger partial charge in [0.15, 0.2) is 5.75 Å². The van der Waals surface area contributed by atoms with Gasteiger partial charge >= 0.3 is 0 Å². The summed E-state index contributed by atoms with van der Waals surface area (Å²) in [6, 6.07) is 2.18. The van der Waals surface area contributed by atoms with Crippen LogP contribution >= 0.6 is 11.6 Å². The summed E-state index contributed by atoms with van der Waals surface area (Å²) >= 11 is 6.45. The molecule has 6 atom stereocenters. The van der Waals surface area contributed by atoms with Gasteiger partial charge in [0, 0.05) is 30.0 Å². The van der Waals surface area contributed by atoms with Crippen LogP contribution in [-0.4, -0.2) is 48.9 Å². The van der Waals surface area contributed by atoms with Crippen molar-refractivity contribution in [2.24, 2.45) is 11.8 Å². The minimum absolute atomic E-state index is 0.0395. The molecule has 2 N–H and O–H groups in total. The third kappa shape index (κ3) is 2.50. The van der Waals surface area contributed by atoms with Crippen LogP contribution in [0.2, 0.25) is 5.02 Å². The fraction of sp³-hybridized carbons (Fsp3) is 0.650. The maximum absolute atomic E-state index is 13.6. The Morgan fingerprint density at radius 3 is 2.63 bits per heavy atom. The summed E-state index contributed by atoms with van der Waals surface area (Å²) in [5.41, 5.74) is -1.04. The van der Waals surface area contributed by atoms with Gasteiger partial charge in [-0.1, -0.05) is 18.5 Å². The van der Waals surface area contributed by atoms with Crippen LogP contribution in [0, 0.1) is 11.8 Å². The molecule has 2 fully saturated rings. The van der Waals surface area contributed by atoms with Gasteiger partial charge in [-0.2, -0.15) is 0 Å². The third-order valence-electron chi connectivity index (χ3n) is 6.58. The molecule has 1 aromatic rings. The standard InChI is InChI=1S/C20H26ClNO5/c1-9-7-12-11(6-5-10(2)22-12)18(23)20(9)19(24)15-13(25-3)8-14(26-4)16(21)17(15)27-20/h8-12,18,22-23H,5-7H2,1-4H3/t9-,10?,11?,12?,18?,20+/m1/s1. The number of carbonyl (C=O) groups excluding carboxylic acids is 1. The van der Waals surface area contributed by atoms with Gasteiger partial charge in [-0.05, 0) is 26.2 Å². The van der Waals surface area contributed by atoms with Gasteiger partial charge in [0.05, 0.1) is 14.2 Å². The van der Waals surface area contributed by atoms with E-state index in [9.17, 15) is 9.90 Å². The highest BCUT2D eigenvalue weighted by molar-refractivity contribution is 6.35. The predicted molar refractivity (Wildman–Crippen MR) is 101 cm³/mol. The minimum atomic E-state index is -1.34. The number of Topliss-reactive ketones (excluding diaryl/α,β-unsaturated/α-hetero) is 1. The topological polar surface area (TPSA) is 77.0 Å². The summed E-state index contributed by atoms with van der Waals surface area (Å²) in [5.74, 6) is 0.502. The number of rotatable bonds is 2. The molecule has 1 saturated heterocycles. The average molecular weight is 396 g/mol. The van der Waals surface area contributed by atoms with Gasteiger partial charge in [0.25, 0.3) is 0 Å². The fourth-order valence-corrected chi connectivity index (χ4v) is 5.41. The zero-order valence-corrected chi connectivity index (χ0v) is 16.8. The third-order valence-corrected chi connectivity index (χ3v) is 6.93. The van der Waals surface area contributed by atoms with Gasteiger partial charge in [-0.25, -0.2) is 0 Å². The monoisotopic (exact) mass is 395 g/mol. The maximum Gasteiger partial charge on any atom is 0.216 e. The van der Waals surface area contributed by atoms with Crippen LogP contribution in [0.25, 0.3) is 0 Å². The van der Waals surface area contributed by atoms with Gasteiger partial charge in [-0.15, -0.1) is 0 Å². The number of hydrogen-bond acceptors (Lipinski definition) is 6. The van der Waals surface area contributed by atoms with E-state index in [1.54, 1.807) is 6.07 Å². The molecular formula is C20H26ClNO5. The van der Waals surface area contributed by atoms with Crippen LogP contribution in [0.3, 0.4) is 0 Å². The van der Waals surface area contributed by atoms with E-state index >= 15 is 0 Å². The molecule has 27 heavy (non-hydrogen) atoms. The molecule has 0 radical (unpaired) electrons. The predicted octanol–water partition coefficient (Wildman–Crippen LogP) is 2.83. The smallest absolute Gasteiger partial charge is 0.216 e. The highest BCUT2D eigenvalue weighted by Gasteiger charge is 2.64. The van der Waals surface area contributed by atoms with Crippen LogP contribution in [-0.2, 0) is 0 Å². The second-order valence-corrected chi connectivity index (χ2v) is 8.40. The number of ketones is 1. The number of methoxy groups -OCH3 is 2. The molecule has 4 rings (SSSR count). The van der Waals surface area contributed by atoms with Crippen molar-refractivity contribution in [1.29, 1.82) is 0 Å². The van der Waals surface area contributed by atoms with Gasteiger partial charge in [0.2, 0.25) is 11.4 Å². The first-order chi connectivity index (χ1) is 12.8. The summed E-state index contributed by atoms with van der Waals surface area (Å²) in [4.78, 5) is 13.6. The molecule has 0 amide bonds. The number of nitrogens with one attached hydrogen (secondary N) is 1. The first-order valence-corrected chi connectivity index (χ1v) is 9.85. The van der Waals surface area contributed by atoms with E-state index < -0.39 is 11.7 Å². The summed E-state index contributed by atoms with van der Waals surface area (Å²) in [6.45, 7) is 4.11. The van der Waals surface area contributed by atoms with Crippen molar-refractivity contribution < 1.29 is 24.1 Å². The second-order valence-electron chi connectivity index (χ2n) is 8.02. The number of halogens is 1. The van der Waals surface area contributed by atoms with Crippen LogP contribution in [0.5, 0.6) is 17.2 Å². The first kappa shape index (κ1) is 18.8. The number of hydrogen-bond donors (Lipinski definition) is 2. The Balaban J connectivity index is 1.80. The van der Waals surface area contributed by atoms with Crippen LogP contribution in [0.15, 0.2) is 6.07 Å². The van der Waals surface area contributed by atoms with Crippen LogP contribution in [0.1, 0.15) is 43.5 Å². The Hall–Kier alpha value is -1.50. The SMILES string of the molecule is COc1cc(OC)c2c(c1Cl)O[C@]1(C2=O)C(O)C2CCC(C)NC2C[C@H]1C. The van der Waals surface area contributed by atoms with Crippen LogP contribution < -0.4 is 19.5 Å². The Labute approximate surface area is 164 Å². The Bertz CT molecular complexity index is 784. The fourth-order valence-electron chi connectivity index (χ4n) is 5.14. The molecule has 0 aromatic heterocycles. The van der Waals surface area contributed by atoms with Crippen molar-refractivity contribution >= 4 is 17.4 Å². The summed E-state index contributed by atoms with van der Waals surface area (Å²) in [7, 11) is 2.99. The van der Waals surface area contributed by atoms with E-state index in [0.29, 0.717) is 23.1 Å². The van der Waals surface area contributed by atoms with E-state index in [4.69, 9.17) is 25.8 Å². The zero-order valence-electron chi connectivity index (χ0n) is 16.0. The molecule has 4 unspecified atom stereocenters. The normalized spacial score (nSPS) is 37.6. The minimum Gasteiger partial charge on any atom is -0.496 e. The maximum atomic E-state index is 13.6. The Morgan fingerprint density at radius 1 is 1.26 bits per heavy atom. The lowest BCUT2D eigenvalue weighted by molar-refractivity contribution is -0.123. The molecular weight excluding hydrogens is 370 g/mol. The van der Waals surface area contributed by atoms with E-state index in [2.05, 4.69) is 12.2 Å². The average Bonchev–Trinajstić information content (AvgIpc) is 2.96. The lowest BCUT2D eigenvalue weighted by Gasteiger charge is -2.51. The van der Waals surface area contributed by atoms with Crippen LogP contribution in [0.4, 0.5) is 0 Å². The highest BCUT2D eigenvalue weighted by Crippen LogP contribution is 2.55. The van der Waals surface area contributed by atoms with Crippen molar-refractivity contribution in [3.05, 3.63) is 16.7 Å². The highest BCUT2D eigenvalue weighted by atomic mass is 35.5. The first-order valence-electron chi connectivity index (χ1n) is 9.47. The number of carbonyl (C=O) groups is 1. The molecule has 6 nitrogen and oxygen atoms in total. The van der Waals surface area contributed by atoms with Crippen molar-refractivity contribution in [2.75, 3.05) is 14.2 Å². The molecule has 0 bridgehead atoms. The lowest BCUT2D eigenvalue weighted by Crippen LogP contribution is -2.68. The number of piperidine rings is 1. The molecule has 2 heterocycles. The molecule has 148 valence electrons. The zero-order chi connectivity index (χ0) is 19.5. The molecule has 7 heteroatoms. The molecule has 1 spiro atoms. The molecule has 3 aliphatic rings. The van der Waals surface area contributed by atoms with Gasteiger partial charge in [0.1, 0.15) is 28.2 Å². The molecule has 2 aliphatic heterocycles.